The van der Waals surface area contributed by atoms with Crippen molar-refractivity contribution >= 4 is 5.69 Å². The van der Waals surface area contributed by atoms with E-state index < -0.39 is 17.5 Å². The highest BCUT2D eigenvalue weighted by molar-refractivity contribution is 5.65. The fourth-order valence-electron chi connectivity index (χ4n) is 3.48. The molecule has 0 bridgehead atoms. The number of halogens is 3. The number of nitrogens with two attached hydrogens (primary N) is 1. The highest BCUT2D eigenvalue weighted by Gasteiger charge is 2.35. The number of nitrogens with zero attached hydrogens (tertiary/aromatic N) is 1. The van der Waals surface area contributed by atoms with Gasteiger partial charge in [-0.2, -0.15) is 13.2 Å². The second-order valence-electron chi connectivity index (χ2n) is 6.80. The minimum absolute atomic E-state index is 0.0564. The van der Waals surface area contributed by atoms with Gasteiger partial charge in [-0.25, -0.2) is 9.89 Å². The van der Waals surface area contributed by atoms with Gasteiger partial charge in [-0.05, 0) is 50.3 Å². The maximum atomic E-state index is 13.4. The Hall–Kier alpha value is -2.29. The molecule has 0 saturated heterocycles. The molecular formula is C17H21F3N4O2. The lowest BCUT2D eigenvalue weighted by atomic mass is 9.82. The van der Waals surface area contributed by atoms with Crippen LogP contribution in [0, 0.1) is 5.92 Å². The van der Waals surface area contributed by atoms with Crippen molar-refractivity contribution in [2.45, 2.75) is 50.9 Å². The molecule has 9 heteroatoms. The van der Waals surface area contributed by atoms with Crippen LogP contribution in [-0.2, 0) is 6.18 Å². The Balaban J connectivity index is 1.90. The number of anilines is 1. The molecule has 0 amide bonds. The van der Waals surface area contributed by atoms with E-state index in [0.717, 1.165) is 31.7 Å². The molecule has 3 atom stereocenters. The summed E-state index contributed by atoms with van der Waals surface area (Å²) in [5.41, 5.74) is 5.45. The first kappa shape index (κ1) is 18.5. The zero-order valence-corrected chi connectivity index (χ0v) is 14.3. The van der Waals surface area contributed by atoms with Gasteiger partial charge < -0.3 is 15.5 Å². The third-order valence-corrected chi connectivity index (χ3v) is 4.86. The zero-order valence-electron chi connectivity index (χ0n) is 14.3. The Morgan fingerprint density at radius 3 is 2.77 bits per heavy atom. The summed E-state index contributed by atoms with van der Waals surface area (Å²) in [6.07, 6.45) is -0.871. The van der Waals surface area contributed by atoms with Gasteiger partial charge in [0.2, 0.25) is 5.89 Å². The number of aromatic nitrogens is 2. The summed E-state index contributed by atoms with van der Waals surface area (Å²) in [4.78, 5) is 11.1. The van der Waals surface area contributed by atoms with E-state index in [1.165, 1.54) is 12.1 Å². The third-order valence-electron chi connectivity index (χ3n) is 4.86. The Labute approximate surface area is 148 Å². The summed E-state index contributed by atoms with van der Waals surface area (Å²) in [7, 11) is 0. The zero-order chi connectivity index (χ0) is 18.9. The number of hydrogen-bond acceptors (Lipinski definition) is 5. The SMILES string of the molecule is CC(Nc1cc(-c2n[nH]c(=O)o2)ccc1C(F)(F)F)[C@@H]1CCC[C@H](N)C1. The van der Waals surface area contributed by atoms with Gasteiger partial charge in [0.05, 0.1) is 5.56 Å². The molecule has 1 aromatic heterocycles. The summed E-state index contributed by atoms with van der Waals surface area (Å²) in [6.45, 7) is 1.87. The standard InChI is InChI=1S/C17H21F3N4O2/c1-9(10-3-2-4-12(21)7-10)22-14-8-11(15-23-24-16(25)26-15)5-6-13(14)17(18,19)20/h5-6,8-10,12,22H,2-4,7,21H2,1H3,(H,24,25)/t9?,10-,12+/m1/s1. The quantitative estimate of drug-likeness (QED) is 0.767. The van der Waals surface area contributed by atoms with Crippen LogP contribution in [0.25, 0.3) is 11.5 Å². The smallest absolute Gasteiger partial charge is 0.388 e. The van der Waals surface area contributed by atoms with Crippen LogP contribution >= 0.6 is 0 Å². The van der Waals surface area contributed by atoms with Crippen molar-refractivity contribution in [2.75, 3.05) is 5.32 Å². The largest absolute Gasteiger partial charge is 0.434 e. The predicted octanol–water partition coefficient (Wildman–Crippen LogP) is 3.37. The van der Waals surface area contributed by atoms with Gasteiger partial charge in [-0.1, -0.05) is 6.42 Å². The van der Waals surface area contributed by atoms with Crippen molar-refractivity contribution in [2.24, 2.45) is 11.7 Å². The number of alkyl halides is 3. The lowest BCUT2D eigenvalue weighted by molar-refractivity contribution is -0.137. The second-order valence-corrected chi connectivity index (χ2v) is 6.80. The van der Waals surface area contributed by atoms with Gasteiger partial charge in [-0.3, -0.25) is 0 Å². The van der Waals surface area contributed by atoms with Gasteiger partial charge in [-0.15, -0.1) is 5.10 Å². The average Bonchev–Trinajstić information content (AvgIpc) is 3.00. The van der Waals surface area contributed by atoms with Crippen LogP contribution < -0.4 is 16.8 Å². The van der Waals surface area contributed by atoms with E-state index in [2.05, 4.69) is 15.5 Å². The molecule has 1 aliphatic rings. The molecule has 0 spiro atoms. The second kappa shape index (κ2) is 7.14. The van der Waals surface area contributed by atoms with E-state index in [-0.39, 0.29) is 35.1 Å². The van der Waals surface area contributed by atoms with Crippen LogP contribution in [0.1, 0.15) is 38.2 Å². The Kier molecular flexibility index (Phi) is 5.08. The summed E-state index contributed by atoms with van der Waals surface area (Å²) in [5, 5.41) is 8.76. The van der Waals surface area contributed by atoms with Gasteiger partial charge >= 0.3 is 11.9 Å². The monoisotopic (exact) mass is 370 g/mol. The van der Waals surface area contributed by atoms with Crippen molar-refractivity contribution in [3.63, 3.8) is 0 Å². The van der Waals surface area contributed by atoms with Gasteiger partial charge in [0.25, 0.3) is 0 Å². The first-order valence-corrected chi connectivity index (χ1v) is 8.53. The van der Waals surface area contributed by atoms with Crippen molar-refractivity contribution in [1.82, 2.24) is 10.2 Å². The van der Waals surface area contributed by atoms with E-state index in [4.69, 9.17) is 10.2 Å². The molecule has 1 unspecified atom stereocenters. The highest BCUT2D eigenvalue weighted by Crippen LogP contribution is 2.38. The highest BCUT2D eigenvalue weighted by atomic mass is 19.4. The number of H-pyrrole nitrogens is 1. The van der Waals surface area contributed by atoms with Crippen molar-refractivity contribution < 1.29 is 17.6 Å². The molecule has 1 aliphatic carbocycles. The summed E-state index contributed by atoms with van der Waals surface area (Å²) in [6, 6.07) is 3.41. The fourth-order valence-corrected chi connectivity index (χ4v) is 3.48. The molecule has 1 heterocycles. The van der Waals surface area contributed by atoms with E-state index in [1.807, 2.05) is 6.92 Å². The van der Waals surface area contributed by atoms with Crippen molar-refractivity contribution in [1.29, 1.82) is 0 Å². The minimum Gasteiger partial charge on any atom is -0.388 e. The minimum atomic E-state index is -4.50. The van der Waals surface area contributed by atoms with Crippen LogP contribution in [0.2, 0.25) is 0 Å². The van der Waals surface area contributed by atoms with Crippen LogP contribution in [0.4, 0.5) is 18.9 Å². The predicted molar refractivity (Wildman–Crippen MR) is 90.6 cm³/mol. The van der Waals surface area contributed by atoms with Gasteiger partial charge in [0, 0.05) is 23.3 Å². The molecular weight excluding hydrogens is 349 g/mol. The maximum absolute atomic E-state index is 13.4. The fraction of sp³-hybridized carbons (Fsp3) is 0.529. The van der Waals surface area contributed by atoms with Gasteiger partial charge in [0.15, 0.2) is 0 Å². The lowest BCUT2D eigenvalue weighted by Crippen LogP contribution is -2.36. The molecule has 3 rings (SSSR count). The molecule has 6 nitrogen and oxygen atoms in total. The molecule has 1 saturated carbocycles. The summed E-state index contributed by atoms with van der Waals surface area (Å²) < 4.78 is 45.0. The molecule has 0 radical (unpaired) electrons. The molecule has 26 heavy (non-hydrogen) atoms. The van der Waals surface area contributed by atoms with E-state index in [0.29, 0.717) is 0 Å². The van der Waals surface area contributed by atoms with Crippen molar-refractivity contribution in [3.05, 3.63) is 34.3 Å². The van der Waals surface area contributed by atoms with Crippen LogP contribution in [0.3, 0.4) is 0 Å². The topological polar surface area (TPSA) is 96.9 Å². The van der Waals surface area contributed by atoms with Crippen LogP contribution in [-0.4, -0.2) is 22.3 Å². The summed E-state index contributed by atoms with van der Waals surface area (Å²) >= 11 is 0. The maximum Gasteiger partial charge on any atom is 0.434 e. The normalized spacial score (nSPS) is 22.2. The number of hydrogen-bond donors (Lipinski definition) is 3. The first-order valence-electron chi connectivity index (χ1n) is 8.53. The van der Waals surface area contributed by atoms with Gasteiger partial charge in [0.1, 0.15) is 0 Å². The van der Waals surface area contributed by atoms with E-state index >= 15 is 0 Å². The Morgan fingerprint density at radius 2 is 2.15 bits per heavy atom. The Bertz CT molecular complexity index is 815. The molecule has 1 aromatic carbocycles. The van der Waals surface area contributed by atoms with Crippen molar-refractivity contribution in [3.8, 4) is 11.5 Å². The summed E-state index contributed by atoms with van der Waals surface area (Å²) in [5.74, 6) is -0.620. The molecule has 2 aromatic rings. The number of aromatic amines is 1. The molecule has 0 aliphatic heterocycles. The molecule has 4 N–H and O–H groups in total. The number of nitrogens with one attached hydrogen (secondary N) is 2. The third kappa shape index (κ3) is 4.09. The number of rotatable bonds is 4. The Morgan fingerprint density at radius 1 is 1.38 bits per heavy atom. The van der Waals surface area contributed by atoms with E-state index in [1.54, 1.807) is 0 Å². The molecule has 142 valence electrons. The average molecular weight is 370 g/mol. The van der Waals surface area contributed by atoms with E-state index in [9.17, 15) is 18.0 Å². The van der Waals surface area contributed by atoms with Crippen LogP contribution in [0.5, 0.6) is 0 Å². The number of benzene rings is 1. The van der Waals surface area contributed by atoms with Crippen LogP contribution in [0.15, 0.2) is 27.4 Å². The first-order chi connectivity index (χ1) is 12.2. The lowest BCUT2D eigenvalue weighted by Gasteiger charge is -2.32. The molecule has 1 fully saturated rings.